The Morgan fingerprint density at radius 3 is 2.23 bits per heavy atom. The second kappa shape index (κ2) is 11.8. The number of carbonyl (C=O) groups excluding carboxylic acids is 2. The van der Waals surface area contributed by atoms with Crippen LogP contribution < -0.4 is 5.32 Å². The Morgan fingerprint density at radius 1 is 1.00 bits per heavy atom. The fraction of sp³-hybridized carbons (Fsp3) is 0.500. The molecule has 206 valence electrons. The molecule has 39 heavy (non-hydrogen) atoms. The molecule has 2 N–H and O–H groups in total. The monoisotopic (exact) mass is 569 g/mol. The van der Waals surface area contributed by atoms with Crippen LogP contribution in [-0.4, -0.2) is 39.5 Å². The molecule has 1 heterocycles. The lowest BCUT2D eigenvalue weighted by Crippen LogP contribution is -2.62. The van der Waals surface area contributed by atoms with E-state index in [-0.39, 0.29) is 33.9 Å². The first kappa shape index (κ1) is 27.8. The number of Topliss-reactive ketones (excluding diaryl/α,β-unsaturated/α-hetero) is 1. The fourth-order valence-electron chi connectivity index (χ4n) is 6.66. The molecule has 3 aliphatic carbocycles. The van der Waals surface area contributed by atoms with Crippen LogP contribution in [0.4, 0.5) is 5.69 Å². The normalized spacial score (nSPS) is 22.9. The van der Waals surface area contributed by atoms with Gasteiger partial charge in [0.2, 0.25) is 0 Å². The van der Waals surface area contributed by atoms with Gasteiger partial charge in [-0.05, 0) is 49.3 Å². The van der Waals surface area contributed by atoms with Crippen LogP contribution in [0.1, 0.15) is 80.1 Å². The number of carboxylic acid groups (broad SMARTS) is 1. The summed E-state index contributed by atoms with van der Waals surface area (Å²) in [6.07, 6.45) is 13.1. The number of hydrogen-bond donors (Lipinski definition) is 2. The van der Waals surface area contributed by atoms with Crippen LogP contribution in [0, 0.1) is 17.3 Å². The lowest BCUT2D eigenvalue weighted by molar-refractivity contribution is -0.139. The lowest BCUT2D eigenvalue weighted by atomic mass is 9.49. The number of carbonyl (C=O) groups is 3. The highest BCUT2D eigenvalue weighted by atomic mass is 35.5. The largest absolute Gasteiger partial charge is 0.480 e. The average Bonchev–Trinajstić information content (AvgIpc) is 2.94. The van der Waals surface area contributed by atoms with Crippen molar-refractivity contribution >= 4 is 52.3 Å². The summed E-state index contributed by atoms with van der Waals surface area (Å²) < 4.78 is 0. The molecule has 2 atom stereocenters. The van der Waals surface area contributed by atoms with Gasteiger partial charge in [0.25, 0.3) is 5.91 Å². The number of carboxylic acids is 1. The summed E-state index contributed by atoms with van der Waals surface area (Å²) in [5, 5.41) is 13.2. The molecule has 3 saturated carbocycles. The SMILES string of the molecule is O=C(Nc1ccc(CC(N=C2C(C3CCCCC3)C(=O)C23CCCCC3)C(=O)O)cc1)c1c(Cl)cncc1Cl. The van der Waals surface area contributed by atoms with Gasteiger partial charge in [-0.25, -0.2) is 4.79 Å². The standard InChI is InChI=1S/C30H33Cl2N3O4/c31-21-16-33-17-22(32)25(21)28(37)34-20-11-9-18(10-12-20)15-23(29(38)39)35-26-24(19-7-3-1-4-8-19)27(36)30(26)13-5-2-6-14-30/h9-12,16-17,19,23-24H,1-8,13-15H2,(H,34,37)(H,38,39). The predicted molar refractivity (Wildman–Crippen MR) is 152 cm³/mol. The Hall–Kier alpha value is -2.77. The van der Waals surface area contributed by atoms with Crippen LogP contribution in [0.5, 0.6) is 0 Å². The van der Waals surface area contributed by atoms with Crippen molar-refractivity contribution in [2.24, 2.45) is 22.2 Å². The van der Waals surface area contributed by atoms with Crippen molar-refractivity contribution in [1.29, 1.82) is 0 Å². The quantitative estimate of drug-likeness (QED) is 0.380. The number of ketones is 1. The second-order valence-corrected chi connectivity index (χ2v) is 11.9. The number of pyridine rings is 1. The van der Waals surface area contributed by atoms with E-state index < -0.39 is 23.3 Å². The van der Waals surface area contributed by atoms with Gasteiger partial charge >= 0.3 is 5.97 Å². The van der Waals surface area contributed by atoms with Crippen LogP contribution in [0.15, 0.2) is 41.7 Å². The highest BCUT2D eigenvalue weighted by Gasteiger charge is 2.61. The third-order valence-electron chi connectivity index (χ3n) is 8.67. The minimum absolute atomic E-state index is 0.137. The van der Waals surface area contributed by atoms with Crippen molar-refractivity contribution in [3.05, 3.63) is 57.8 Å². The summed E-state index contributed by atoms with van der Waals surface area (Å²) in [5.41, 5.74) is 1.76. The van der Waals surface area contributed by atoms with Gasteiger partial charge in [0, 0.05) is 30.2 Å². The zero-order chi connectivity index (χ0) is 27.6. The molecule has 1 amide bonds. The maximum Gasteiger partial charge on any atom is 0.328 e. The molecular weight excluding hydrogens is 537 g/mol. The molecule has 9 heteroatoms. The summed E-state index contributed by atoms with van der Waals surface area (Å²) in [7, 11) is 0. The minimum atomic E-state index is -0.991. The van der Waals surface area contributed by atoms with Crippen LogP contribution >= 0.6 is 23.2 Å². The van der Waals surface area contributed by atoms with E-state index in [4.69, 9.17) is 28.2 Å². The van der Waals surface area contributed by atoms with Gasteiger partial charge in [-0.15, -0.1) is 0 Å². The molecule has 0 saturated heterocycles. The van der Waals surface area contributed by atoms with Gasteiger partial charge < -0.3 is 10.4 Å². The molecule has 7 nitrogen and oxygen atoms in total. The van der Waals surface area contributed by atoms with Gasteiger partial charge in [0.05, 0.1) is 26.9 Å². The van der Waals surface area contributed by atoms with Crippen molar-refractivity contribution in [2.45, 2.75) is 76.7 Å². The molecule has 1 spiro atoms. The molecule has 0 aliphatic heterocycles. The van der Waals surface area contributed by atoms with Gasteiger partial charge in [0.1, 0.15) is 0 Å². The number of aliphatic carboxylic acids is 1. The summed E-state index contributed by atoms with van der Waals surface area (Å²) in [6, 6.07) is 6.02. The molecule has 5 rings (SSSR count). The number of anilines is 1. The highest BCUT2D eigenvalue weighted by Crippen LogP contribution is 2.54. The number of amides is 1. The van der Waals surface area contributed by atoms with Gasteiger partial charge in [-0.2, -0.15) is 0 Å². The van der Waals surface area contributed by atoms with E-state index >= 15 is 0 Å². The minimum Gasteiger partial charge on any atom is -0.480 e. The van der Waals surface area contributed by atoms with Crippen LogP contribution in [0.25, 0.3) is 0 Å². The van der Waals surface area contributed by atoms with E-state index in [9.17, 15) is 19.5 Å². The molecule has 3 fully saturated rings. The molecule has 0 radical (unpaired) electrons. The summed E-state index contributed by atoms with van der Waals surface area (Å²) in [6.45, 7) is 0. The van der Waals surface area contributed by atoms with E-state index in [2.05, 4.69) is 10.3 Å². The number of rotatable bonds is 7. The number of aliphatic imine (C=N–C) groups is 1. The van der Waals surface area contributed by atoms with Crippen molar-refractivity contribution in [3.63, 3.8) is 0 Å². The third-order valence-corrected chi connectivity index (χ3v) is 9.24. The molecule has 2 unspecified atom stereocenters. The first-order valence-electron chi connectivity index (χ1n) is 13.8. The summed E-state index contributed by atoms with van der Waals surface area (Å²) >= 11 is 12.2. The molecule has 1 aromatic carbocycles. The van der Waals surface area contributed by atoms with Crippen molar-refractivity contribution in [1.82, 2.24) is 4.98 Å². The first-order valence-corrected chi connectivity index (χ1v) is 14.6. The van der Waals surface area contributed by atoms with Crippen LogP contribution in [-0.2, 0) is 16.0 Å². The Kier molecular flexibility index (Phi) is 8.38. The first-order chi connectivity index (χ1) is 18.8. The van der Waals surface area contributed by atoms with E-state index in [0.29, 0.717) is 11.5 Å². The van der Waals surface area contributed by atoms with Crippen molar-refractivity contribution in [2.75, 3.05) is 5.32 Å². The Labute approximate surface area is 238 Å². The molecule has 0 bridgehead atoms. The zero-order valence-corrected chi connectivity index (χ0v) is 23.3. The van der Waals surface area contributed by atoms with E-state index in [1.165, 1.54) is 18.8 Å². The number of nitrogens with zero attached hydrogens (tertiary/aromatic N) is 2. The Morgan fingerprint density at radius 2 is 1.62 bits per heavy atom. The number of hydrogen-bond acceptors (Lipinski definition) is 5. The average molecular weight is 571 g/mol. The summed E-state index contributed by atoms with van der Waals surface area (Å²) in [5.74, 6) is -1.07. The van der Waals surface area contributed by atoms with Gasteiger partial charge in [-0.1, -0.05) is 73.9 Å². The molecular formula is C30H33Cl2N3O4. The molecule has 2 aromatic rings. The van der Waals surface area contributed by atoms with Gasteiger partial charge in [-0.3, -0.25) is 19.6 Å². The van der Waals surface area contributed by atoms with Crippen LogP contribution in [0.2, 0.25) is 10.0 Å². The fourth-order valence-corrected chi connectivity index (χ4v) is 7.20. The van der Waals surface area contributed by atoms with E-state index in [1.54, 1.807) is 24.3 Å². The van der Waals surface area contributed by atoms with Gasteiger partial charge in [0.15, 0.2) is 11.8 Å². The summed E-state index contributed by atoms with van der Waals surface area (Å²) in [4.78, 5) is 47.3. The molecule has 1 aromatic heterocycles. The molecule has 3 aliphatic rings. The van der Waals surface area contributed by atoms with Crippen molar-refractivity contribution < 1.29 is 19.5 Å². The smallest absolute Gasteiger partial charge is 0.328 e. The topological polar surface area (TPSA) is 109 Å². The van der Waals surface area contributed by atoms with E-state index in [1.807, 2.05) is 0 Å². The highest BCUT2D eigenvalue weighted by molar-refractivity contribution is 6.40. The number of aromatic nitrogens is 1. The number of halogens is 2. The van der Waals surface area contributed by atoms with Crippen molar-refractivity contribution in [3.8, 4) is 0 Å². The third kappa shape index (κ3) is 5.62. The zero-order valence-electron chi connectivity index (χ0n) is 21.8. The predicted octanol–water partition coefficient (Wildman–Crippen LogP) is 6.81. The Bertz CT molecular complexity index is 1260. The van der Waals surface area contributed by atoms with Crippen LogP contribution in [0.3, 0.4) is 0 Å². The Balaban J connectivity index is 1.34. The maximum absolute atomic E-state index is 13.5. The van der Waals surface area contributed by atoms with E-state index in [0.717, 1.165) is 69.1 Å². The lowest BCUT2D eigenvalue weighted by Gasteiger charge is -2.53. The maximum atomic E-state index is 13.5. The number of benzene rings is 1. The number of nitrogens with one attached hydrogen (secondary N) is 1. The second-order valence-electron chi connectivity index (χ2n) is 11.1.